The van der Waals surface area contributed by atoms with E-state index in [1.54, 1.807) is 6.07 Å². The fraction of sp³-hybridized carbons (Fsp3) is 0.391. The molecule has 2 aromatic rings. The molecule has 0 radical (unpaired) electrons. The van der Waals surface area contributed by atoms with Crippen LogP contribution in [0.2, 0.25) is 0 Å². The number of hydrogen-bond donors (Lipinski definition) is 2. The molecule has 2 aromatic carbocycles. The van der Waals surface area contributed by atoms with Crippen LogP contribution in [0.15, 0.2) is 54.6 Å². The van der Waals surface area contributed by atoms with Gasteiger partial charge in [-0.3, -0.25) is 9.59 Å². The highest BCUT2D eigenvalue weighted by Gasteiger charge is 2.24. The van der Waals surface area contributed by atoms with Crippen molar-refractivity contribution in [2.45, 2.75) is 46.1 Å². The predicted octanol–water partition coefficient (Wildman–Crippen LogP) is 4.06. The Hall–Kier alpha value is -2.62. The summed E-state index contributed by atoms with van der Waals surface area (Å²) in [6, 6.07) is 17.1. The quantitative estimate of drug-likeness (QED) is 0.740. The minimum Gasteiger partial charge on any atom is -0.354 e. The molecule has 0 spiro atoms. The van der Waals surface area contributed by atoms with Crippen molar-refractivity contribution in [2.24, 2.45) is 5.92 Å². The van der Waals surface area contributed by atoms with Gasteiger partial charge >= 0.3 is 0 Å². The average molecular weight is 367 g/mol. The fourth-order valence-corrected chi connectivity index (χ4v) is 3.02. The van der Waals surface area contributed by atoms with Gasteiger partial charge in [0.2, 0.25) is 5.91 Å². The number of rotatable bonds is 8. The Morgan fingerprint density at radius 3 is 2.30 bits per heavy atom. The van der Waals surface area contributed by atoms with E-state index in [2.05, 4.69) is 29.7 Å². The summed E-state index contributed by atoms with van der Waals surface area (Å²) in [6.45, 7) is 8.55. The third-order valence-electron chi connectivity index (χ3n) is 4.76. The highest BCUT2D eigenvalue weighted by Crippen LogP contribution is 2.17. The molecule has 2 atom stereocenters. The Morgan fingerprint density at radius 2 is 1.67 bits per heavy atom. The van der Waals surface area contributed by atoms with Crippen molar-refractivity contribution in [3.8, 4) is 0 Å². The van der Waals surface area contributed by atoms with Crippen molar-refractivity contribution >= 4 is 11.8 Å². The van der Waals surface area contributed by atoms with Crippen LogP contribution >= 0.6 is 0 Å². The topological polar surface area (TPSA) is 58.2 Å². The van der Waals surface area contributed by atoms with Crippen molar-refractivity contribution in [3.63, 3.8) is 0 Å². The smallest absolute Gasteiger partial charge is 0.251 e. The van der Waals surface area contributed by atoms with E-state index in [9.17, 15) is 9.59 Å². The molecule has 0 saturated carbocycles. The van der Waals surface area contributed by atoms with Gasteiger partial charge in [0.15, 0.2) is 0 Å². The van der Waals surface area contributed by atoms with Gasteiger partial charge in [0.25, 0.3) is 5.91 Å². The molecule has 0 aliphatic rings. The summed E-state index contributed by atoms with van der Waals surface area (Å²) in [4.78, 5) is 25.1. The maximum Gasteiger partial charge on any atom is 0.251 e. The molecule has 0 heterocycles. The molecule has 0 aliphatic heterocycles. The second kappa shape index (κ2) is 9.91. The van der Waals surface area contributed by atoms with Crippen LogP contribution in [-0.4, -0.2) is 24.4 Å². The fourth-order valence-electron chi connectivity index (χ4n) is 3.02. The van der Waals surface area contributed by atoms with Gasteiger partial charge in [0.1, 0.15) is 6.04 Å². The molecule has 144 valence electrons. The summed E-state index contributed by atoms with van der Waals surface area (Å²) in [5.74, 6) is 0.0210. The molecule has 0 aliphatic carbocycles. The Bertz CT molecular complexity index is 756. The first kappa shape index (κ1) is 20.7. The number of carbonyl (C=O) groups is 2. The minimum absolute atomic E-state index is 0.00491. The molecule has 4 heteroatoms. The zero-order valence-electron chi connectivity index (χ0n) is 16.7. The van der Waals surface area contributed by atoms with E-state index in [1.807, 2.05) is 57.2 Å². The van der Waals surface area contributed by atoms with Gasteiger partial charge in [-0.15, -0.1) is 0 Å². The maximum absolute atomic E-state index is 12.6. The molecule has 0 saturated heterocycles. The standard InChI is InChI=1S/C23H30N2O2/c1-16(2)21(25-22(26)20-12-8-9-17(3)15-20)23(27)24-14-13-18(4)19-10-6-5-7-11-19/h5-12,15-16,18,21H,13-14H2,1-4H3,(H,24,27)(H,25,26). The van der Waals surface area contributed by atoms with Crippen LogP contribution in [0.25, 0.3) is 0 Å². The lowest BCUT2D eigenvalue weighted by Gasteiger charge is -2.22. The van der Waals surface area contributed by atoms with Gasteiger partial charge < -0.3 is 10.6 Å². The van der Waals surface area contributed by atoms with Crippen molar-refractivity contribution in [3.05, 3.63) is 71.3 Å². The second-order valence-corrected chi connectivity index (χ2v) is 7.46. The van der Waals surface area contributed by atoms with E-state index in [0.717, 1.165) is 12.0 Å². The summed E-state index contributed by atoms with van der Waals surface area (Å²) in [5.41, 5.74) is 2.86. The molecule has 2 rings (SSSR count). The van der Waals surface area contributed by atoms with Crippen LogP contribution in [0.1, 0.15) is 54.6 Å². The van der Waals surface area contributed by atoms with Crippen LogP contribution in [0.5, 0.6) is 0 Å². The van der Waals surface area contributed by atoms with Crippen LogP contribution in [0.4, 0.5) is 0 Å². The molecular formula is C23H30N2O2. The summed E-state index contributed by atoms with van der Waals surface area (Å²) in [5, 5.41) is 5.86. The monoisotopic (exact) mass is 366 g/mol. The zero-order chi connectivity index (χ0) is 19.8. The number of nitrogens with one attached hydrogen (secondary N) is 2. The van der Waals surface area contributed by atoms with E-state index < -0.39 is 6.04 Å². The largest absolute Gasteiger partial charge is 0.354 e. The van der Waals surface area contributed by atoms with Crippen molar-refractivity contribution < 1.29 is 9.59 Å². The summed E-state index contributed by atoms with van der Waals surface area (Å²) in [6.07, 6.45) is 0.854. The first-order chi connectivity index (χ1) is 12.9. The molecule has 4 nitrogen and oxygen atoms in total. The summed E-state index contributed by atoms with van der Waals surface area (Å²) >= 11 is 0. The Kier molecular flexibility index (Phi) is 7.59. The first-order valence-electron chi connectivity index (χ1n) is 9.58. The maximum atomic E-state index is 12.6. The predicted molar refractivity (Wildman–Crippen MR) is 110 cm³/mol. The van der Waals surface area contributed by atoms with E-state index in [1.165, 1.54) is 5.56 Å². The van der Waals surface area contributed by atoms with Gasteiger partial charge in [-0.1, -0.05) is 68.8 Å². The number of carbonyl (C=O) groups excluding carboxylic acids is 2. The highest BCUT2D eigenvalue weighted by molar-refractivity contribution is 5.97. The average Bonchev–Trinajstić information content (AvgIpc) is 2.66. The zero-order valence-corrected chi connectivity index (χ0v) is 16.7. The highest BCUT2D eigenvalue weighted by atomic mass is 16.2. The van der Waals surface area contributed by atoms with Crippen LogP contribution in [0.3, 0.4) is 0 Å². The molecule has 27 heavy (non-hydrogen) atoms. The lowest BCUT2D eigenvalue weighted by atomic mass is 9.97. The third kappa shape index (κ3) is 6.24. The number of hydrogen-bond acceptors (Lipinski definition) is 2. The van der Waals surface area contributed by atoms with Gasteiger partial charge in [-0.2, -0.15) is 0 Å². The summed E-state index contributed by atoms with van der Waals surface area (Å²) < 4.78 is 0. The van der Waals surface area contributed by atoms with Gasteiger partial charge in [-0.25, -0.2) is 0 Å². The van der Waals surface area contributed by atoms with Crippen molar-refractivity contribution in [1.82, 2.24) is 10.6 Å². The molecule has 2 amide bonds. The Balaban J connectivity index is 1.90. The van der Waals surface area contributed by atoms with Crippen molar-refractivity contribution in [1.29, 1.82) is 0 Å². The second-order valence-electron chi connectivity index (χ2n) is 7.46. The third-order valence-corrected chi connectivity index (χ3v) is 4.76. The molecular weight excluding hydrogens is 336 g/mol. The lowest BCUT2D eigenvalue weighted by Crippen LogP contribution is -2.50. The van der Waals surface area contributed by atoms with Crippen LogP contribution < -0.4 is 10.6 Å². The van der Waals surface area contributed by atoms with Gasteiger partial charge in [-0.05, 0) is 42.9 Å². The van der Waals surface area contributed by atoms with E-state index in [4.69, 9.17) is 0 Å². The first-order valence-corrected chi connectivity index (χ1v) is 9.58. The van der Waals surface area contributed by atoms with E-state index in [-0.39, 0.29) is 17.7 Å². The number of benzene rings is 2. The SMILES string of the molecule is Cc1cccc(C(=O)NC(C(=O)NCCC(C)c2ccccc2)C(C)C)c1. The molecule has 0 fully saturated rings. The lowest BCUT2D eigenvalue weighted by molar-refractivity contribution is -0.123. The Labute approximate surface area is 162 Å². The normalized spacial score (nSPS) is 13.1. The van der Waals surface area contributed by atoms with Crippen LogP contribution in [-0.2, 0) is 4.79 Å². The summed E-state index contributed by atoms with van der Waals surface area (Å²) in [7, 11) is 0. The van der Waals surface area contributed by atoms with E-state index >= 15 is 0 Å². The van der Waals surface area contributed by atoms with Crippen molar-refractivity contribution in [2.75, 3.05) is 6.54 Å². The van der Waals surface area contributed by atoms with E-state index in [0.29, 0.717) is 18.0 Å². The van der Waals surface area contributed by atoms with Crippen LogP contribution in [0, 0.1) is 12.8 Å². The Morgan fingerprint density at radius 1 is 0.963 bits per heavy atom. The number of aryl methyl sites for hydroxylation is 1. The molecule has 2 unspecified atom stereocenters. The minimum atomic E-state index is -0.551. The molecule has 0 aromatic heterocycles. The molecule has 2 N–H and O–H groups in total. The van der Waals surface area contributed by atoms with Gasteiger partial charge in [0, 0.05) is 12.1 Å². The van der Waals surface area contributed by atoms with Gasteiger partial charge in [0.05, 0.1) is 0 Å². The number of amides is 2. The molecule has 0 bridgehead atoms.